The Kier molecular flexibility index (Phi) is 5.00. The number of rotatable bonds is 5. The molecule has 0 saturated heterocycles. The Morgan fingerprint density at radius 3 is 2.50 bits per heavy atom. The second-order valence-electron chi connectivity index (χ2n) is 6.85. The van der Waals surface area contributed by atoms with Crippen LogP contribution >= 0.6 is 0 Å². The normalized spacial score (nSPS) is 24.9. The number of hydrogen-bond donors (Lipinski definition) is 2. The van der Waals surface area contributed by atoms with Gasteiger partial charge in [-0.25, -0.2) is 0 Å². The monoisotopic (exact) mass is 300 g/mol. The van der Waals surface area contributed by atoms with Gasteiger partial charge in [0.2, 0.25) is 0 Å². The molecule has 2 unspecified atom stereocenters. The molecule has 0 fully saturated rings. The van der Waals surface area contributed by atoms with E-state index in [1.807, 2.05) is 18.2 Å². The summed E-state index contributed by atoms with van der Waals surface area (Å²) < 4.78 is 0. The molecule has 0 bridgehead atoms. The van der Waals surface area contributed by atoms with E-state index >= 15 is 0 Å². The molecular formula is C20H28O2. The van der Waals surface area contributed by atoms with E-state index in [1.54, 1.807) is 0 Å². The lowest BCUT2D eigenvalue weighted by Crippen LogP contribution is -2.25. The van der Waals surface area contributed by atoms with Crippen LogP contribution in [0.1, 0.15) is 63.5 Å². The highest BCUT2D eigenvalue weighted by molar-refractivity contribution is 5.52. The average molecular weight is 300 g/mol. The van der Waals surface area contributed by atoms with Crippen LogP contribution < -0.4 is 0 Å². The van der Waals surface area contributed by atoms with Gasteiger partial charge in [-0.3, -0.25) is 0 Å². The van der Waals surface area contributed by atoms with Crippen molar-refractivity contribution >= 4 is 0 Å². The van der Waals surface area contributed by atoms with E-state index in [2.05, 4.69) is 33.4 Å². The van der Waals surface area contributed by atoms with E-state index < -0.39 is 0 Å². The highest BCUT2D eigenvalue weighted by Crippen LogP contribution is 2.51. The quantitative estimate of drug-likeness (QED) is 0.709. The fraction of sp³-hybridized carbons (Fsp3) is 0.500. The number of aryl methyl sites for hydroxylation is 1. The molecule has 1 aromatic rings. The molecule has 2 heteroatoms. The molecule has 120 valence electrons. The summed E-state index contributed by atoms with van der Waals surface area (Å²) in [6.45, 7) is 10.4. The number of phenols is 2. The van der Waals surface area contributed by atoms with Crippen LogP contribution in [0.15, 0.2) is 36.4 Å². The first-order valence-electron chi connectivity index (χ1n) is 8.27. The van der Waals surface area contributed by atoms with E-state index in [0.717, 1.165) is 37.7 Å². The molecular weight excluding hydrogens is 272 g/mol. The maximum atomic E-state index is 10.5. The molecule has 2 atom stereocenters. The van der Waals surface area contributed by atoms with Crippen molar-refractivity contribution in [3.8, 4) is 11.5 Å². The summed E-state index contributed by atoms with van der Waals surface area (Å²) in [4.78, 5) is 0. The molecule has 1 aromatic carbocycles. The largest absolute Gasteiger partial charge is 0.507 e. The molecule has 0 spiro atoms. The molecule has 0 radical (unpaired) electrons. The molecule has 0 saturated carbocycles. The third-order valence-electron chi connectivity index (χ3n) is 5.01. The summed E-state index contributed by atoms with van der Waals surface area (Å²) in [5.74, 6) is 0.379. The second-order valence-corrected chi connectivity index (χ2v) is 6.85. The average Bonchev–Trinajstić information content (AvgIpc) is 2.48. The summed E-state index contributed by atoms with van der Waals surface area (Å²) in [5.41, 5.74) is 2.80. The summed E-state index contributed by atoms with van der Waals surface area (Å²) in [5, 5.41) is 21.0. The number of hydrogen-bond acceptors (Lipinski definition) is 2. The Balaban J connectivity index is 2.46. The minimum atomic E-state index is -0.139. The number of aromatic hydroxyl groups is 2. The molecule has 2 rings (SSSR count). The lowest BCUT2D eigenvalue weighted by Gasteiger charge is -2.38. The highest BCUT2D eigenvalue weighted by Gasteiger charge is 2.36. The number of benzene rings is 1. The van der Waals surface area contributed by atoms with Gasteiger partial charge in [0.05, 0.1) is 0 Å². The Bertz CT molecular complexity index is 562. The van der Waals surface area contributed by atoms with Gasteiger partial charge in [0, 0.05) is 11.5 Å². The summed E-state index contributed by atoms with van der Waals surface area (Å²) in [6.07, 6.45) is 9.20. The molecule has 0 aliphatic heterocycles. The number of phenolic OH excluding ortho intramolecular Hbond substituents is 2. The number of unbranched alkanes of at least 4 members (excludes halogenated alkanes) is 1. The molecule has 1 aliphatic rings. The first-order valence-corrected chi connectivity index (χ1v) is 8.27. The topological polar surface area (TPSA) is 40.5 Å². The minimum absolute atomic E-state index is 0.0287. The van der Waals surface area contributed by atoms with Crippen LogP contribution in [-0.2, 0) is 6.42 Å². The van der Waals surface area contributed by atoms with Gasteiger partial charge < -0.3 is 10.2 Å². The van der Waals surface area contributed by atoms with Crippen molar-refractivity contribution in [2.24, 2.45) is 5.41 Å². The van der Waals surface area contributed by atoms with Crippen LogP contribution in [0.4, 0.5) is 0 Å². The smallest absolute Gasteiger partial charge is 0.123 e. The van der Waals surface area contributed by atoms with Crippen LogP contribution in [-0.4, -0.2) is 10.2 Å². The van der Waals surface area contributed by atoms with Crippen molar-refractivity contribution in [1.82, 2.24) is 0 Å². The molecule has 0 heterocycles. The molecule has 22 heavy (non-hydrogen) atoms. The molecule has 1 aliphatic carbocycles. The SMILES string of the molecule is C=CC1(C)CCC(C)=CC1c1c(O)cc(CCCC)cc1O. The Hall–Kier alpha value is -1.70. The van der Waals surface area contributed by atoms with E-state index in [0.29, 0.717) is 5.56 Å². The summed E-state index contributed by atoms with van der Waals surface area (Å²) in [6, 6.07) is 3.62. The highest BCUT2D eigenvalue weighted by atomic mass is 16.3. The van der Waals surface area contributed by atoms with Crippen LogP contribution in [0.25, 0.3) is 0 Å². The minimum Gasteiger partial charge on any atom is -0.507 e. The fourth-order valence-corrected chi connectivity index (χ4v) is 3.35. The van der Waals surface area contributed by atoms with Gasteiger partial charge in [-0.15, -0.1) is 6.58 Å². The maximum Gasteiger partial charge on any atom is 0.123 e. The summed E-state index contributed by atoms with van der Waals surface area (Å²) in [7, 11) is 0. The Labute approximate surface area is 134 Å². The van der Waals surface area contributed by atoms with Gasteiger partial charge in [-0.2, -0.15) is 0 Å². The van der Waals surface area contributed by atoms with Crippen molar-refractivity contribution < 1.29 is 10.2 Å². The third kappa shape index (κ3) is 3.21. The first kappa shape index (κ1) is 16.7. The van der Waals surface area contributed by atoms with Crippen LogP contribution in [0, 0.1) is 5.41 Å². The van der Waals surface area contributed by atoms with Gasteiger partial charge in [-0.1, -0.05) is 38.0 Å². The van der Waals surface area contributed by atoms with Gasteiger partial charge in [0.1, 0.15) is 11.5 Å². The van der Waals surface area contributed by atoms with Crippen molar-refractivity contribution in [2.75, 3.05) is 0 Å². The second kappa shape index (κ2) is 6.60. The van der Waals surface area contributed by atoms with Gasteiger partial charge >= 0.3 is 0 Å². The Morgan fingerprint density at radius 1 is 1.32 bits per heavy atom. The standard InChI is InChI=1S/C20H28O2/c1-5-7-8-15-12-17(21)19(18(22)13-15)16-11-14(3)9-10-20(16,4)6-2/h6,11-13,16,21-22H,2,5,7-10H2,1,3-4H3. The van der Waals surface area contributed by atoms with Crippen LogP contribution in [0.3, 0.4) is 0 Å². The number of allylic oxidation sites excluding steroid dienone is 3. The van der Waals surface area contributed by atoms with E-state index in [4.69, 9.17) is 0 Å². The van der Waals surface area contributed by atoms with Crippen molar-refractivity contribution in [2.45, 2.75) is 58.8 Å². The summed E-state index contributed by atoms with van der Waals surface area (Å²) >= 11 is 0. The molecule has 2 N–H and O–H groups in total. The fourth-order valence-electron chi connectivity index (χ4n) is 3.35. The predicted octanol–water partition coefficient (Wildman–Crippen LogP) is 5.46. The molecule has 2 nitrogen and oxygen atoms in total. The lowest BCUT2D eigenvalue weighted by atomic mass is 9.66. The lowest BCUT2D eigenvalue weighted by molar-refractivity contribution is 0.316. The predicted molar refractivity (Wildman–Crippen MR) is 92.4 cm³/mol. The van der Waals surface area contributed by atoms with Gasteiger partial charge in [-0.05, 0) is 55.7 Å². The van der Waals surface area contributed by atoms with E-state index in [9.17, 15) is 10.2 Å². The zero-order valence-corrected chi connectivity index (χ0v) is 14.0. The van der Waals surface area contributed by atoms with Gasteiger partial charge in [0.15, 0.2) is 0 Å². The van der Waals surface area contributed by atoms with E-state index in [1.165, 1.54) is 5.57 Å². The zero-order chi connectivity index (χ0) is 16.3. The van der Waals surface area contributed by atoms with Crippen molar-refractivity contribution in [1.29, 1.82) is 0 Å². The maximum absolute atomic E-state index is 10.5. The zero-order valence-electron chi connectivity index (χ0n) is 14.0. The van der Waals surface area contributed by atoms with Gasteiger partial charge in [0.25, 0.3) is 0 Å². The third-order valence-corrected chi connectivity index (χ3v) is 5.01. The molecule has 0 aromatic heterocycles. The molecule has 0 amide bonds. The first-order chi connectivity index (χ1) is 10.4. The van der Waals surface area contributed by atoms with Crippen molar-refractivity contribution in [3.63, 3.8) is 0 Å². The van der Waals surface area contributed by atoms with Crippen molar-refractivity contribution in [3.05, 3.63) is 47.6 Å². The van der Waals surface area contributed by atoms with Crippen LogP contribution in [0.2, 0.25) is 0 Å². The van der Waals surface area contributed by atoms with Crippen LogP contribution in [0.5, 0.6) is 11.5 Å². The van der Waals surface area contributed by atoms with E-state index in [-0.39, 0.29) is 22.8 Å². The Morgan fingerprint density at radius 2 is 1.95 bits per heavy atom.